The summed E-state index contributed by atoms with van der Waals surface area (Å²) in [5.41, 5.74) is 6.30. The van der Waals surface area contributed by atoms with E-state index in [0.717, 1.165) is 19.4 Å². The second-order valence-electron chi connectivity index (χ2n) is 4.13. The fourth-order valence-corrected chi connectivity index (χ4v) is 1.63. The summed E-state index contributed by atoms with van der Waals surface area (Å²) in [4.78, 5) is 11.9. The monoisotopic (exact) mass is 223 g/mol. The van der Waals surface area contributed by atoms with Gasteiger partial charge in [0.25, 0.3) is 0 Å². The predicted molar refractivity (Wildman–Crippen MR) is 64.3 cm³/mol. The average molecular weight is 223 g/mol. The first kappa shape index (κ1) is 12.9. The lowest BCUT2D eigenvalue weighted by atomic mass is 9.98. The highest BCUT2D eigenvalue weighted by atomic mass is 16.1. The van der Waals surface area contributed by atoms with E-state index in [4.69, 9.17) is 5.73 Å². The third-order valence-electron chi connectivity index (χ3n) is 2.79. The first-order valence-electron chi connectivity index (χ1n) is 5.96. The number of aryl methyl sites for hydroxylation is 1. The third-order valence-corrected chi connectivity index (χ3v) is 2.79. The SMILES string of the molecule is CCCn1cc(C(=O)CC(CC)CN)cn1. The number of hydrogen-bond donors (Lipinski definition) is 1. The Hall–Kier alpha value is -1.16. The van der Waals surface area contributed by atoms with Crippen LogP contribution in [-0.4, -0.2) is 22.1 Å². The van der Waals surface area contributed by atoms with Crippen molar-refractivity contribution in [2.75, 3.05) is 6.54 Å². The van der Waals surface area contributed by atoms with Gasteiger partial charge >= 0.3 is 0 Å². The molecule has 0 saturated carbocycles. The molecule has 1 atom stereocenters. The van der Waals surface area contributed by atoms with Crippen LogP contribution in [0, 0.1) is 5.92 Å². The highest BCUT2D eigenvalue weighted by Gasteiger charge is 2.13. The molecule has 1 aromatic heterocycles. The molecule has 0 radical (unpaired) electrons. The lowest BCUT2D eigenvalue weighted by molar-refractivity contribution is 0.0961. The first-order valence-corrected chi connectivity index (χ1v) is 5.96. The molecular weight excluding hydrogens is 202 g/mol. The molecule has 4 nitrogen and oxygen atoms in total. The van der Waals surface area contributed by atoms with E-state index in [1.165, 1.54) is 0 Å². The van der Waals surface area contributed by atoms with Crippen LogP contribution in [0.2, 0.25) is 0 Å². The van der Waals surface area contributed by atoms with Crippen molar-refractivity contribution in [3.63, 3.8) is 0 Å². The minimum Gasteiger partial charge on any atom is -0.330 e. The van der Waals surface area contributed by atoms with Crippen molar-refractivity contribution in [3.05, 3.63) is 18.0 Å². The van der Waals surface area contributed by atoms with Gasteiger partial charge in [-0.2, -0.15) is 5.10 Å². The van der Waals surface area contributed by atoms with Crippen LogP contribution in [0.5, 0.6) is 0 Å². The zero-order valence-electron chi connectivity index (χ0n) is 10.1. The molecule has 0 fully saturated rings. The van der Waals surface area contributed by atoms with Crippen molar-refractivity contribution in [2.24, 2.45) is 11.7 Å². The van der Waals surface area contributed by atoms with Crippen molar-refractivity contribution in [3.8, 4) is 0 Å². The van der Waals surface area contributed by atoms with Gasteiger partial charge in [0, 0.05) is 19.2 Å². The Morgan fingerprint density at radius 2 is 2.31 bits per heavy atom. The normalized spacial score (nSPS) is 12.7. The minimum absolute atomic E-state index is 0.152. The molecule has 0 saturated heterocycles. The molecule has 1 heterocycles. The number of hydrogen-bond acceptors (Lipinski definition) is 3. The molecule has 1 unspecified atom stereocenters. The second kappa shape index (κ2) is 6.43. The van der Waals surface area contributed by atoms with Crippen LogP contribution in [0.1, 0.15) is 43.5 Å². The summed E-state index contributed by atoms with van der Waals surface area (Å²) in [6, 6.07) is 0. The first-order chi connectivity index (χ1) is 7.71. The Bertz CT molecular complexity index is 329. The number of carbonyl (C=O) groups is 1. The van der Waals surface area contributed by atoms with Crippen molar-refractivity contribution in [1.29, 1.82) is 0 Å². The topological polar surface area (TPSA) is 60.9 Å². The lowest BCUT2D eigenvalue weighted by Crippen LogP contribution is -2.17. The summed E-state index contributed by atoms with van der Waals surface area (Å²) < 4.78 is 1.82. The van der Waals surface area contributed by atoms with Gasteiger partial charge in [-0.15, -0.1) is 0 Å². The summed E-state index contributed by atoms with van der Waals surface area (Å²) in [6.07, 6.45) is 5.99. The van der Waals surface area contributed by atoms with Gasteiger partial charge in [-0.1, -0.05) is 20.3 Å². The highest BCUT2D eigenvalue weighted by molar-refractivity contribution is 5.95. The average Bonchev–Trinajstić information content (AvgIpc) is 2.74. The molecular formula is C12H21N3O. The molecule has 0 bridgehead atoms. The predicted octanol–water partition coefficient (Wildman–Crippen LogP) is 1.85. The van der Waals surface area contributed by atoms with E-state index in [1.807, 2.05) is 10.9 Å². The quantitative estimate of drug-likeness (QED) is 0.718. The van der Waals surface area contributed by atoms with Crippen molar-refractivity contribution < 1.29 is 4.79 Å². The molecule has 0 aromatic carbocycles. The van der Waals surface area contributed by atoms with Crippen LogP contribution in [0.3, 0.4) is 0 Å². The maximum atomic E-state index is 11.9. The van der Waals surface area contributed by atoms with Gasteiger partial charge in [0.1, 0.15) is 0 Å². The molecule has 0 aliphatic rings. The highest BCUT2D eigenvalue weighted by Crippen LogP contribution is 2.11. The van der Waals surface area contributed by atoms with E-state index in [9.17, 15) is 4.79 Å². The van der Waals surface area contributed by atoms with Gasteiger partial charge in [-0.3, -0.25) is 9.48 Å². The van der Waals surface area contributed by atoms with Crippen LogP contribution in [0.4, 0.5) is 0 Å². The van der Waals surface area contributed by atoms with Crippen LogP contribution in [0.25, 0.3) is 0 Å². The van der Waals surface area contributed by atoms with Crippen LogP contribution in [-0.2, 0) is 6.54 Å². The Morgan fingerprint density at radius 1 is 1.56 bits per heavy atom. The van der Waals surface area contributed by atoms with Crippen molar-refractivity contribution >= 4 is 5.78 Å². The van der Waals surface area contributed by atoms with E-state index in [1.54, 1.807) is 6.20 Å². The van der Waals surface area contributed by atoms with Gasteiger partial charge in [0.05, 0.1) is 11.8 Å². The Morgan fingerprint density at radius 3 is 2.88 bits per heavy atom. The molecule has 90 valence electrons. The zero-order valence-corrected chi connectivity index (χ0v) is 10.1. The molecule has 0 spiro atoms. The zero-order chi connectivity index (χ0) is 12.0. The van der Waals surface area contributed by atoms with Crippen LogP contribution < -0.4 is 5.73 Å². The summed E-state index contributed by atoms with van der Waals surface area (Å²) >= 11 is 0. The number of Topliss-reactive ketones (excluding diaryl/α,β-unsaturated/α-hetero) is 1. The van der Waals surface area contributed by atoms with Crippen molar-refractivity contribution in [2.45, 2.75) is 39.7 Å². The summed E-state index contributed by atoms with van der Waals surface area (Å²) in [7, 11) is 0. The summed E-state index contributed by atoms with van der Waals surface area (Å²) in [5, 5.41) is 4.15. The van der Waals surface area contributed by atoms with E-state index in [-0.39, 0.29) is 5.78 Å². The van der Waals surface area contributed by atoms with Crippen LogP contribution >= 0.6 is 0 Å². The lowest BCUT2D eigenvalue weighted by Gasteiger charge is -2.09. The van der Waals surface area contributed by atoms with Gasteiger partial charge in [-0.05, 0) is 18.9 Å². The smallest absolute Gasteiger partial charge is 0.166 e. The maximum Gasteiger partial charge on any atom is 0.166 e. The molecule has 1 rings (SSSR count). The van der Waals surface area contributed by atoms with Gasteiger partial charge in [0.15, 0.2) is 5.78 Å². The molecule has 0 aliphatic heterocycles. The summed E-state index contributed by atoms with van der Waals surface area (Å²) in [5.74, 6) is 0.446. The Labute approximate surface area is 96.8 Å². The van der Waals surface area contributed by atoms with Crippen LogP contribution in [0.15, 0.2) is 12.4 Å². The largest absolute Gasteiger partial charge is 0.330 e. The Balaban J connectivity index is 2.58. The minimum atomic E-state index is 0.152. The van der Waals surface area contributed by atoms with E-state index >= 15 is 0 Å². The van der Waals surface area contributed by atoms with Crippen molar-refractivity contribution in [1.82, 2.24) is 9.78 Å². The third kappa shape index (κ3) is 3.45. The number of rotatable bonds is 7. The molecule has 16 heavy (non-hydrogen) atoms. The fraction of sp³-hybridized carbons (Fsp3) is 0.667. The number of nitrogens with zero attached hydrogens (tertiary/aromatic N) is 2. The molecule has 0 aliphatic carbocycles. The molecule has 4 heteroatoms. The van der Waals surface area contributed by atoms with Gasteiger partial charge in [-0.25, -0.2) is 0 Å². The maximum absolute atomic E-state index is 11.9. The van der Waals surface area contributed by atoms with E-state index in [0.29, 0.717) is 24.4 Å². The number of nitrogens with two attached hydrogens (primary N) is 1. The fourth-order valence-electron chi connectivity index (χ4n) is 1.63. The number of aromatic nitrogens is 2. The molecule has 0 amide bonds. The standard InChI is InChI=1S/C12H21N3O/c1-3-5-15-9-11(8-14-15)12(16)6-10(4-2)7-13/h8-10H,3-7,13H2,1-2H3. The number of ketones is 1. The second-order valence-corrected chi connectivity index (χ2v) is 4.13. The van der Waals surface area contributed by atoms with E-state index < -0.39 is 0 Å². The van der Waals surface area contributed by atoms with Gasteiger partial charge < -0.3 is 5.73 Å². The molecule has 1 aromatic rings. The Kier molecular flexibility index (Phi) is 5.19. The summed E-state index contributed by atoms with van der Waals surface area (Å²) in [6.45, 7) is 5.59. The number of carbonyl (C=O) groups excluding carboxylic acids is 1. The molecule has 2 N–H and O–H groups in total. The van der Waals surface area contributed by atoms with Gasteiger partial charge in [0.2, 0.25) is 0 Å². The van der Waals surface area contributed by atoms with E-state index in [2.05, 4.69) is 18.9 Å².